The van der Waals surface area contributed by atoms with Crippen molar-refractivity contribution in [2.45, 2.75) is 20.8 Å². The number of aromatic nitrogens is 2. The highest BCUT2D eigenvalue weighted by molar-refractivity contribution is 6.08. The Balaban J connectivity index is 1.47. The summed E-state index contributed by atoms with van der Waals surface area (Å²) in [6, 6.07) is 17.7. The number of ether oxygens (including phenoxy) is 2. The number of aryl methyl sites for hydroxylation is 2. The van der Waals surface area contributed by atoms with Crippen LogP contribution in [-0.4, -0.2) is 35.5 Å². The van der Waals surface area contributed by atoms with Crippen molar-refractivity contribution in [3.8, 4) is 22.9 Å². The van der Waals surface area contributed by atoms with Crippen molar-refractivity contribution in [1.29, 1.82) is 0 Å². The third-order valence-electron chi connectivity index (χ3n) is 6.32. The first-order valence-electron chi connectivity index (χ1n) is 12.4. The van der Waals surface area contributed by atoms with Crippen LogP contribution in [0.25, 0.3) is 33.3 Å². The molecule has 5 aromatic rings. The largest absolute Gasteiger partial charge is 0.493 e. The van der Waals surface area contributed by atoms with Crippen molar-refractivity contribution in [3.05, 3.63) is 82.2 Å². The van der Waals surface area contributed by atoms with Crippen LogP contribution in [0, 0.1) is 13.8 Å². The number of hydrogen-bond acceptors (Lipinski definition) is 8. The summed E-state index contributed by atoms with van der Waals surface area (Å²) in [7, 11) is 1.48. The number of amides is 2. The Hall–Kier alpha value is -5.25. The molecule has 0 aliphatic carbocycles. The van der Waals surface area contributed by atoms with Gasteiger partial charge in [0.25, 0.3) is 5.91 Å². The molecule has 202 valence electrons. The quantitative estimate of drug-likeness (QED) is 0.218. The number of benzene rings is 3. The molecule has 3 aromatic carbocycles. The van der Waals surface area contributed by atoms with Gasteiger partial charge in [0, 0.05) is 23.6 Å². The molecule has 10 nitrogen and oxygen atoms in total. The molecular weight excluding hydrogens is 512 g/mol. The minimum Gasteiger partial charge on any atom is -0.493 e. The fourth-order valence-electron chi connectivity index (χ4n) is 4.22. The molecule has 0 radical (unpaired) electrons. The predicted molar refractivity (Wildman–Crippen MR) is 152 cm³/mol. The summed E-state index contributed by atoms with van der Waals surface area (Å²) < 4.78 is 16.7. The average molecular weight is 539 g/mol. The van der Waals surface area contributed by atoms with E-state index in [4.69, 9.17) is 13.9 Å². The Bertz CT molecular complexity index is 1850. The van der Waals surface area contributed by atoms with Crippen molar-refractivity contribution in [1.82, 2.24) is 9.97 Å². The molecule has 5 rings (SSSR count). The molecule has 0 aliphatic heterocycles. The highest BCUT2D eigenvalue weighted by Crippen LogP contribution is 2.34. The van der Waals surface area contributed by atoms with E-state index in [1.54, 1.807) is 42.5 Å². The van der Waals surface area contributed by atoms with E-state index in [1.807, 2.05) is 32.0 Å². The van der Waals surface area contributed by atoms with Crippen LogP contribution in [0.2, 0.25) is 0 Å². The standard InChI is InChI=1S/C30H26N4O6/c1-16-9-11-20(13-17(16)2)32-25(36)15-39-23-12-10-19(14-24(23)38-4)28-33-27-21-7-5-6-8-22(21)40-30(37)26(27)29(34-28)31-18(3)35/h5-14H,15H2,1-4H3,(H,32,36)(H,31,33,34,35). The smallest absolute Gasteiger partial charge is 0.349 e. The minimum atomic E-state index is -0.663. The molecular formula is C30H26N4O6. The van der Waals surface area contributed by atoms with E-state index >= 15 is 0 Å². The molecule has 0 saturated carbocycles. The summed E-state index contributed by atoms with van der Waals surface area (Å²) in [6.45, 7) is 5.07. The molecule has 0 fully saturated rings. The zero-order valence-electron chi connectivity index (χ0n) is 22.3. The Kier molecular flexibility index (Phi) is 7.15. The van der Waals surface area contributed by atoms with Gasteiger partial charge in [-0.3, -0.25) is 9.59 Å². The first-order chi connectivity index (χ1) is 19.2. The molecule has 0 unspecified atom stereocenters. The van der Waals surface area contributed by atoms with Gasteiger partial charge in [0.05, 0.1) is 12.6 Å². The van der Waals surface area contributed by atoms with E-state index in [2.05, 4.69) is 20.6 Å². The third-order valence-corrected chi connectivity index (χ3v) is 6.32. The zero-order chi connectivity index (χ0) is 28.4. The van der Waals surface area contributed by atoms with Crippen molar-refractivity contribution in [2.24, 2.45) is 0 Å². The molecule has 0 bridgehead atoms. The second-order valence-electron chi connectivity index (χ2n) is 9.19. The van der Waals surface area contributed by atoms with Crippen LogP contribution in [0.5, 0.6) is 11.5 Å². The van der Waals surface area contributed by atoms with Gasteiger partial charge in [-0.25, -0.2) is 14.8 Å². The second kappa shape index (κ2) is 10.9. The Morgan fingerprint density at radius 2 is 1.73 bits per heavy atom. The van der Waals surface area contributed by atoms with Gasteiger partial charge in [-0.15, -0.1) is 0 Å². The summed E-state index contributed by atoms with van der Waals surface area (Å²) in [5, 5.41) is 6.09. The summed E-state index contributed by atoms with van der Waals surface area (Å²) in [6.07, 6.45) is 0. The summed E-state index contributed by atoms with van der Waals surface area (Å²) in [4.78, 5) is 46.3. The molecule has 2 heterocycles. The van der Waals surface area contributed by atoms with Gasteiger partial charge in [-0.05, 0) is 67.4 Å². The van der Waals surface area contributed by atoms with Crippen molar-refractivity contribution in [2.75, 3.05) is 24.4 Å². The maximum Gasteiger partial charge on any atom is 0.349 e. The molecule has 40 heavy (non-hydrogen) atoms. The van der Waals surface area contributed by atoms with Crippen LogP contribution in [0.4, 0.5) is 11.5 Å². The van der Waals surface area contributed by atoms with Crippen LogP contribution < -0.4 is 25.7 Å². The lowest BCUT2D eigenvalue weighted by molar-refractivity contribution is -0.118. The zero-order valence-corrected chi connectivity index (χ0v) is 22.3. The minimum absolute atomic E-state index is 0.0364. The number of para-hydroxylation sites is 1. The highest BCUT2D eigenvalue weighted by atomic mass is 16.5. The van der Waals surface area contributed by atoms with Crippen molar-refractivity contribution in [3.63, 3.8) is 0 Å². The van der Waals surface area contributed by atoms with E-state index in [0.29, 0.717) is 39.2 Å². The van der Waals surface area contributed by atoms with Crippen LogP contribution in [0.15, 0.2) is 69.9 Å². The predicted octanol–water partition coefficient (Wildman–Crippen LogP) is 5.00. The number of nitrogens with one attached hydrogen (secondary N) is 2. The lowest BCUT2D eigenvalue weighted by Crippen LogP contribution is -2.20. The maximum atomic E-state index is 12.8. The Labute approximate surface area is 229 Å². The van der Waals surface area contributed by atoms with Crippen LogP contribution in [-0.2, 0) is 9.59 Å². The molecule has 0 aliphatic rings. The van der Waals surface area contributed by atoms with Gasteiger partial charge in [-0.1, -0.05) is 18.2 Å². The van der Waals surface area contributed by atoms with Crippen LogP contribution in [0.3, 0.4) is 0 Å². The summed E-state index contributed by atoms with van der Waals surface area (Å²) in [5.74, 6) is 0.240. The lowest BCUT2D eigenvalue weighted by Gasteiger charge is -2.13. The van der Waals surface area contributed by atoms with E-state index in [1.165, 1.54) is 14.0 Å². The van der Waals surface area contributed by atoms with Gasteiger partial charge < -0.3 is 24.5 Å². The fraction of sp³-hybridized carbons (Fsp3) is 0.167. The number of anilines is 2. The maximum absolute atomic E-state index is 12.8. The van der Waals surface area contributed by atoms with E-state index < -0.39 is 11.5 Å². The molecule has 2 aromatic heterocycles. The Morgan fingerprint density at radius 1 is 0.925 bits per heavy atom. The van der Waals surface area contributed by atoms with Gasteiger partial charge in [0.15, 0.2) is 29.7 Å². The van der Waals surface area contributed by atoms with Gasteiger partial charge in [-0.2, -0.15) is 0 Å². The number of rotatable bonds is 7. The molecule has 10 heteroatoms. The highest BCUT2D eigenvalue weighted by Gasteiger charge is 2.19. The first-order valence-corrected chi connectivity index (χ1v) is 12.4. The SMILES string of the molecule is COc1cc(-c2nc(NC(C)=O)c3c(=O)oc4ccccc4c3n2)ccc1OCC(=O)Nc1ccc(C)c(C)c1. The average Bonchev–Trinajstić information content (AvgIpc) is 2.93. The van der Waals surface area contributed by atoms with Gasteiger partial charge in [0.1, 0.15) is 11.0 Å². The number of hydrogen-bond donors (Lipinski definition) is 2. The fourth-order valence-corrected chi connectivity index (χ4v) is 4.22. The van der Waals surface area contributed by atoms with Gasteiger partial charge >= 0.3 is 5.63 Å². The second-order valence-corrected chi connectivity index (χ2v) is 9.19. The van der Waals surface area contributed by atoms with Crippen LogP contribution >= 0.6 is 0 Å². The third kappa shape index (κ3) is 5.32. The van der Waals surface area contributed by atoms with E-state index in [9.17, 15) is 14.4 Å². The monoisotopic (exact) mass is 538 g/mol. The Morgan fingerprint density at radius 3 is 2.48 bits per heavy atom. The number of carbonyl (C=O) groups excluding carboxylic acids is 2. The molecule has 0 atom stereocenters. The molecule has 0 spiro atoms. The normalized spacial score (nSPS) is 10.9. The first kappa shape index (κ1) is 26.4. The lowest BCUT2D eigenvalue weighted by atomic mass is 10.1. The van der Waals surface area contributed by atoms with Crippen LogP contribution in [0.1, 0.15) is 18.1 Å². The van der Waals surface area contributed by atoms with E-state index in [-0.39, 0.29) is 29.5 Å². The molecule has 0 saturated heterocycles. The molecule has 2 amide bonds. The number of methoxy groups -OCH3 is 1. The van der Waals surface area contributed by atoms with Crippen molar-refractivity contribution < 1.29 is 23.5 Å². The topological polar surface area (TPSA) is 133 Å². The number of carbonyl (C=O) groups is 2. The molecule has 2 N–H and O–H groups in total. The summed E-state index contributed by atoms with van der Waals surface area (Å²) in [5.41, 5.74) is 3.46. The number of nitrogens with zero attached hydrogens (tertiary/aromatic N) is 2. The number of fused-ring (bicyclic) bond motifs is 3. The van der Waals surface area contributed by atoms with Crippen molar-refractivity contribution >= 4 is 45.2 Å². The van der Waals surface area contributed by atoms with Gasteiger partial charge in [0.2, 0.25) is 5.91 Å². The summed E-state index contributed by atoms with van der Waals surface area (Å²) >= 11 is 0. The van der Waals surface area contributed by atoms with E-state index in [0.717, 1.165) is 11.1 Å².